The number of ketones is 1. The summed E-state index contributed by atoms with van der Waals surface area (Å²) < 4.78 is 19.9. The average Bonchev–Trinajstić information content (AvgIpc) is 2.20. The molecule has 0 radical (unpaired) electrons. The van der Waals surface area contributed by atoms with Gasteiger partial charge in [0.15, 0.2) is 6.29 Å². The Morgan fingerprint density at radius 3 is 2.81 bits per heavy atom. The Morgan fingerprint density at radius 1 is 1.62 bits per heavy atom. The first-order valence-electron chi connectivity index (χ1n) is 4.02. The summed E-state index contributed by atoms with van der Waals surface area (Å²) in [6, 6.07) is 1.36. The van der Waals surface area contributed by atoms with Gasteiger partial charge in [-0.1, -0.05) is 0 Å². The molecule has 1 rings (SSSR count). The maximum absolute atomic E-state index is 10.9. The molecule has 0 saturated heterocycles. The van der Waals surface area contributed by atoms with Gasteiger partial charge in [-0.3, -0.25) is 18.7 Å². The highest BCUT2D eigenvalue weighted by atomic mass is 79.9. The molecule has 4 N–H and O–H groups in total. The Bertz CT molecular complexity index is 438. The van der Waals surface area contributed by atoms with Crippen molar-refractivity contribution in [1.29, 1.82) is 0 Å². The standard InChI is InChI=1S/C8H9BrN2O4S/c9-5-1-7(8(10)11-2-5)16(14,15)4-6(13)3-12/h1-3,14-15H,4H2,(H2,10,11). The second-order valence-electron chi connectivity index (χ2n) is 2.93. The number of aromatic nitrogens is 1. The lowest BCUT2D eigenvalue weighted by atomic mass is 10.5. The normalized spacial score (nSPS) is 12.2. The fourth-order valence-electron chi connectivity index (χ4n) is 1.00. The highest BCUT2D eigenvalue weighted by Crippen LogP contribution is 2.50. The van der Waals surface area contributed by atoms with E-state index in [1.165, 1.54) is 12.3 Å². The van der Waals surface area contributed by atoms with Gasteiger partial charge in [-0.2, -0.15) is 10.6 Å². The molecule has 1 heterocycles. The van der Waals surface area contributed by atoms with Crippen LogP contribution in [0.25, 0.3) is 0 Å². The van der Waals surface area contributed by atoms with E-state index in [2.05, 4.69) is 20.9 Å². The smallest absolute Gasteiger partial charge is 0.214 e. The molecule has 8 heteroatoms. The van der Waals surface area contributed by atoms with Crippen LogP contribution in [0.1, 0.15) is 0 Å². The molecule has 0 aromatic carbocycles. The van der Waals surface area contributed by atoms with E-state index in [0.717, 1.165) is 0 Å². The number of Topliss-reactive ketones (excluding diaryl/α,β-unsaturated/α-hetero) is 1. The van der Waals surface area contributed by atoms with Gasteiger partial charge in [0.25, 0.3) is 0 Å². The molecule has 0 bridgehead atoms. The molecule has 0 fully saturated rings. The van der Waals surface area contributed by atoms with Crippen LogP contribution in [0.2, 0.25) is 0 Å². The number of anilines is 1. The third kappa shape index (κ3) is 3.01. The maximum Gasteiger partial charge on any atom is 0.214 e. The lowest BCUT2D eigenvalue weighted by Gasteiger charge is -2.31. The molecule has 0 amide bonds. The van der Waals surface area contributed by atoms with Crippen LogP contribution in [0.4, 0.5) is 5.82 Å². The lowest BCUT2D eigenvalue weighted by Crippen LogP contribution is -2.15. The third-order valence-electron chi connectivity index (χ3n) is 1.68. The number of carbonyl (C=O) groups is 2. The molecule has 0 aliphatic rings. The van der Waals surface area contributed by atoms with Crippen molar-refractivity contribution in [1.82, 2.24) is 4.98 Å². The molecule has 0 spiro atoms. The summed E-state index contributed by atoms with van der Waals surface area (Å²) in [6.45, 7) is 0. The Kier molecular flexibility index (Phi) is 4.03. The van der Waals surface area contributed by atoms with Gasteiger partial charge in [-0.25, -0.2) is 4.98 Å². The lowest BCUT2D eigenvalue weighted by molar-refractivity contribution is -0.128. The number of pyridine rings is 1. The Hall–Kier alpha value is -0.960. The van der Waals surface area contributed by atoms with E-state index in [1.54, 1.807) is 0 Å². The number of nitrogen functional groups attached to an aromatic ring is 1. The summed E-state index contributed by atoms with van der Waals surface area (Å²) >= 11 is 3.09. The molecular weight excluding hydrogens is 300 g/mol. The topological polar surface area (TPSA) is 114 Å². The second-order valence-corrected chi connectivity index (χ2v) is 5.91. The summed E-state index contributed by atoms with van der Waals surface area (Å²) in [7, 11) is -3.42. The van der Waals surface area contributed by atoms with Crippen molar-refractivity contribution in [3.63, 3.8) is 0 Å². The number of hydrogen-bond acceptors (Lipinski definition) is 6. The Morgan fingerprint density at radius 2 is 2.25 bits per heavy atom. The minimum atomic E-state index is -3.42. The molecule has 6 nitrogen and oxygen atoms in total. The fraction of sp³-hybridized carbons (Fsp3) is 0.125. The van der Waals surface area contributed by atoms with Crippen molar-refractivity contribution in [3.05, 3.63) is 16.7 Å². The second kappa shape index (κ2) is 4.91. The predicted octanol–water partition coefficient (Wildman–Crippen LogP) is 1.30. The molecule has 0 aliphatic heterocycles. The summed E-state index contributed by atoms with van der Waals surface area (Å²) in [5, 5.41) is 0. The fourth-order valence-corrected chi connectivity index (χ4v) is 2.81. The van der Waals surface area contributed by atoms with E-state index in [9.17, 15) is 18.7 Å². The molecule has 0 aliphatic carbocycles. The summed E-state index contributed by atoms with van der Waals surface area (Å²) in [5.74, 6) is -1.67. The molecule has 0 atom stereocenters. The summed E-state index contributed by atoms with van der Waals surface area (Å²) in [6.07, 6.45) is 1.42. The van der Waals surface area contributed by atoms with Crippen LogP contribution in [-0.4, -0.2) is 31.9 Å². The van der Waals surface area contributed by atoms with Crippen molar-refractivity contribution < 1.29 is 18.7 Å². The first-order valence-corrected chi connectivity index (χ1v) is 6.52. The largest absolute Gasteiger partial charge is 0.382 e. The number of carbonyl (C=O) groups excluding carboxylic acids is 2. The average molecular weight is 309 g/mol. The molecule has 0 unspecified atom stereocenters. The molecular formula is C8H9BrN2O4S. The van der Waals surface area contributed by atoms with Crippen LogP contribution in [0, 0.1) is 0 Å². The SMILES string of the molecule is Nc1ncc(Br)cc1S(O)(O)CC(=O)C=O. The first kappa shape index (κ1) is 13.1. The number of hydrogen-bond donors (Lipinski definition) is 3. The Labute approximate surface area is 101 Å². The van der Waals surface area contributed by atoms with Crippen LogP contribution < -0.4 is 5.73 Å². The van der Waals surface area contributed by atoms with Crippen molar-refractivity contribution in [2.45, 2.75) is 4.90 Å². The van der Waals surface area contributed by atoms with Gasteiger partial charge in [0.2, 0.25) is 5.78 Å². The minimum Gasteiger partial charge on any atom is -0.382 e. The van der Waals surface area contributed by atoms with Gasteiger partial charge in [0.1, 0.15) is 16.5 Å². The number of nitrogens with zero attached hydrogens (tertiary/aromatic N) is 1. The van der Waals surface area contributed by atoms with Gasteiger partial charge in [0.05, 0.1) is 0 Å². The quantitative estimate of drug-likeness (QED) is 0.571. The van der Waals surface area contributed by atoms with E-state index in [4.69, 9.17) is 5.73 Å². The zero-order valence-electron chi connectivity index (χ0n) is 7.96. The molecule has 88 valence electrons. The minimum absolute atomic E-state index is 0.0375. The molecule has 0 saturated carbocycles. The molecule has 1 aromatic rings. The van der Waals surface area contributed by atoms with Crippen molar-refractivity contribution in [2.75, 3.05) is 11.5 Å². The third-order valence-corrected chi connectivity index (χ3v) is 3.83. The van der Waals surface area contributed by atoms with Gasteiger partial charge in [-0.15, -0.1) is 0 Å². The molecule has 16 heavy (non-hydrogen) atoms. The summed E-state index contributed by atoms with van der Waals surface area (Å²) in [5.41, 5.74) is 5.46. The van der Waals surface area contributed by atoms with Gasteiger partial charge < -0.3 is 5.73 Å². The van der Waals surface area contributed by atoms with Crippen LogP contribution in [0.15, 0.2) is 21.6 Å². The van der Waals surface area contributed by atoms with Crippen molar-refractivity contribution in [2.24, 2.45) is 0 Å². The van der Waals surface area contributed by atoms with E-state index in [0.29, 0.717) is 4.47 Å². The van der Waals surface area contributed by atoms with Crippen LogP contribution >= 0.6 is 26.5 Å². The number of rotatable bonds is 4. The number of halogens is 1. The van der Waals surface area contributed by atoms with E-state index in [1.807, 2.05) is 0 Å². The van der Waals surface area contributed by atoms with Crippen molar-refractivity contribution >= 4 is 44.4 Å². The predicted molar refractivity (Wildman–Crippen MR) is 63.4 cm³/mol. The zero-order valence-corrected chi connectivity index (χ0v) is 10.4. The van der Waals surface area contributed by atoms with Gasteiger partial charge in [-0.05, 0) is 22.0 Å². The Balaban J connectivity index is 3.10. The van der Waals surface area contributed by atoms with E-state index in [-0.39, 0.29) is 17.0 Å². The number of nitrogens with two attached hydrogens (primary N) is 1. The van der Waals surface area contributed by atoms with Crippen LogP contribution in [0.5, 0.6) is 0 Å². The van der Waals surface area contributed by atoms with Crippen LogP contribution in [-0.2, 0) is 9.59 Å². The van der Waals surface area contributed by atoms with E-state index >= 15 is 0 Å². The highest BCUT2D eigenvalue weighted by Gasteiger charge is 2.23. The highest BCUT2D eigenvalue weighted by molar-refractivity contribution is 9.10. The van der Waals surface area contributed by atoms with Gasteiger partial charge in [0, 0.05) is 10.7 Å². The zero-order chi connectivity index (χ0) is 12.3. The van der Waals surface area contributed by atoms with Gasteiger partial charge >= 0.3 is 0 Å². The first-order chi connectivity index (χ1) is 7.36. The molecule has 1 aromatic heterocycles. The van der Waals surface area contributed by atoms with Crippen LogP contribution in [0.3, 0.4) is 0 Å². The monoisotopic (exact) mass is 308 g/mol. The number of aldehydes is 1. The van der Waals surface area contributed by atoms with E-state index < -0.39 is 22.1 Å². The van der Waals surface area contributed by atoms with Crippen molar-refractivity contribution in [3.8, 4) is 0 Å². The summed E-state index contributed by atoms with van der Waals surface area (Å²) in [4.78, 5) is 24.7. The maximum atomic E-state index is 10.9.